The van der Waals surface area contributed by atoms with Crippen LogP contribution >= 0.6 is 12.0 Å². The maximum Gasteiger partial charge on any atom is 0.307 e. The second-order valence-electron chi connectivity index (χ2n) is 4.08. The Morgan fingerprint density at radius 1 is 1.00 bits per heavy atom. The maximum absolute atomic E-state index is 11.9. The average molecular weight is 294 g/mol. The molecule has 0 spiro atoms. The van der Waals surface area contributed by atoms with Gasteiger partial charge in [0.2, 0.25) is 0 Å². The molecule has 100 valence electrons. The van der Waals surface area contributed by atoms with Crippen LogP contribution in [-0.2, 0) is 19.5 Å². The zero-order chi connectivity index (χ0) is 13.7. The highest BCUT2D eigenvalue weighted by molar-refractivity contribution is 8.04. The molecule has 19 heavy (non-hydrogen) atoms. The number of hydrogen-bond donors (Lipinski definition) is 0. The van der Waals surface area contributed by atoms with Gasteiger partial charge in [0.15, 0.2) is 0 Å². The van der Waals surface area contributed by atoms with E-state index in [0.717, 1.165) is 23.2 Å². The first-order valence-electron chi connectivity index (χ1n) is 5.75. The van der Waals surface area contributed by atoms with Crippen molar-refractivity contribution in [3.63, 3.8) is 0 Å². The molecule has 0 saturated carbocycles. The molecule has 0 saturated heterocycles. The molecule has 2 rings (SSSR count). The second-order valence-corrected chi connectivity index (χ2v) is 6.53. The van der Waals surface area contributed by atoms with Gasteiger partial charge < -0.3 is 0 Å². The topological polar surface area (TPSA) is 43.4 Å². The molecule has 0 radical (unpaired) electrons. The number of hydrogen-bond acceptors (Lipinski definition) is 4. The van der Waals surface area contributed by atoms with Crippen molar-refractivity contribution in [1.29, 1.82) is 0 Å². The van der Waals surface area contributed by atoms with Gasteiger partial charge in [-0.05, 0) is 24.6 Å². The van der Waals surface area contributed by atoms with Crippen molar-refractivity contribution in [1.82, 2.24) is 0 Å². The third-order valence-electron chi connectivity index (χ3n) is 2.52. The minimum absolute atomic E-state index is 0.179. The van der Waals surface area contributed by atoms with E-state index in [2.05, 4.69) is 0 Å². The van der Waals surface area contributed by atoms with Gasteiger partial charge in [-0.1, -0.05) is 48.0 Å². The predicted molar refractivity (Wildman–Crippen MR) is 77.2 cm³/mol. The lowest BCUT2D eigenvalue weighted by molar-refractivity contribution is 0.518. The fraction of sp³-hybridized carbons (Fsp3) is 0.143. The van der Waals surface area contributed by atoms with Crippen LogP contribution in [0.25, 0.3) is 0 Å². The highest BCUT2D eigenvalue weighted by atomic mass is 32.3. The summed E-state index contributed by atoms with van der Waals surface area (Å²) in [7, 11) is -3.68. The second kappa shape index (κ2) is 6.23. The van der Waals surface area contributed by atoms with Crippen molar-refractivity contribution in [2.75, 3.05) is 0 Å². The summed E-state index contributed by atoms with van der Waals surface area (Å²) in [6, 6.07) is 16.2. The van der Waals surface area contributed by atoms with E-state index < -0.39 is 10.1 Å². The summed E-state index contributed by atoms with van der Waals surface area (Å²) < 4.78 is 28.7. The molecule has 0 atom stereocenters. The van der Waals surface area contributed by atoms with E-state index >= 15 is 0 Å². The van der Waals surface area contributed by atoms with Gasteiger partial charge in [0.1, 0.15) is 0 Å². The van der Waals surface area contributed by atoms with E-state index in [0.29, 0.717) is 5.75 Å². The smallest absolute Gasteiger partial charge is 0.194 e. The van der Waals surface area contributed by atoms with Gasteiger partial charge in [0, 0.05) is 17.8 Å². The fourth-order valence-corrected chi connectivity index (χ4v) is 3.29. The molecule has 0 aliphatic heterocycles. The molecule has 0 aliphatic rings. The van der Waals surface area contributed by atoms with Gasteiger partial charge in [0.25, 0.3) is 0 Å². The van der Waals surface area contributed by atoms with Crippen molar-refractivity contribution in [3.8, 4) is 0 Å². The summed E-state index contributed by atoms with van der Waals surface area (Å²) >= 11 is 0.924. The van der Waals surface area contributed by atoms with Gasteiger partial charge in [0.05, 0.1) is 4.90 Å². The molecule has 0 aromatic heterocycles. The third kappa shape index (κ3) is 4.09. The minimum atomic E-state index is -3.68. The molecule has 0 heterocycles. The Morgan fingerprint density at radius 2 is 1.63 bits per heavy atom. The highest BCUT2D eigenvalue weighted by Crippen LogP contribution is 2.21. The Morgan fingerprint density at radius 3 is 2.26 bits per heavy atom. The third-order valence-corrected chi connectivity index (χ3v) is 4.92. The van der Waals surface area contributed by atoms with Crippen LogP contribution in [-0.4, -0.2) is 8.42 Å². The van der Waals surface area contributed by atoms with E-state index in [1.165, 1.54) is 0 Å². The number of rotatable bonds is 5. The first-order valence-corrected chi connectivity index (χ1v) is 8.06. The minimum Gasteiger partial charge on any atom is -0.194 e. The van der Waals surface area contributed by atoms with Crippen molar-refractivity contribution in [2.45, 2.75) is 17.6 Å². The number of benzene rings is 2. The van der Waals surface area contributed by atoms with E-state index in [1.54, 1.807) is 24.3 Å². The summed E-state index contributed by atoms with van der Waals surface area (Å²) in [4.78, 5) is 0.179. The Hall–Kier alpha value is -1.30. The summed E-state index contributed by atoms with van der Waals surface area (Å²) in [5, 5.41) is 0. The van der Waals surface area contributed by atoms with Crippen LogP contribution < -0.4 is 0 Å². The molecule has 0 amide bonds. The van der Waals surface area contributed by atoms with Crippen LogP contribution in [0.15, 0.2) is 59.5 Å². The van der Waals surface area contributed by atoms with Crippen molar-refractivity contribution >= 4 is 22.2 Å². The lowest BCUT2D eigenvalue weighted by atomic mass is 10.2. The van der Waals surface area contributed by atoms with Crippen LogP contribution in [0.5, 0.6) is 0 Å². The molecule has 0 fully saturated rings. The molecule has 0 N–H and O–H groups in total. The largest absolute Gasteiger partial charge is 0.307 e. The molecule has 2 aromatic rings. The molecule has 0 unspecified atom stereocenters. The Bertz CT molecular complexity index is 620. The summed E-state index contributed by atoms with van der Waals surface area (Å²) in [5.41, 5.74) is 2.03. The molecule has 0 bridgehead atoms. The SMILES string of the molecule is Cc1ccc(S(=O)(=O)OSCc2ccccc2)cc1. The molecular weight excluding hydrogens is 280 g/mol. The monoisotopic (exact) mass is 294 g/mol. The van der Waals surface area contributed by atoms with E-state index in [-0.39, 0.29) is 4.90 Å². The summed E-state index contributed by atoms with van der Waals surface area (Å²) in [6.45, 7) is 1.90. The van der Waals surface area contributed by atoms with Crippen LogP contribution in [0.2, 0.25) is 0 Å². The molecule has 5 heteroatoms. The zero-order valence-corrected chi connectivity index (χ0v) is 12.1. The normalized spacial score (nSPS) is 11.4. The van der Waals surface area contributed by atoms with E-state index in [1.807, 2.05) is 37.3 Å². The molecular formula is C14H14O3S2. The molecule has 0 aliphatic carbocycles. The Labute approximate surface area is 117 Å². The van der Waals surface area contributed by atoms with Crippen LogP contribution in [0, 0.1) is 6.92 Å². The first-order chi connectivity index (χ1) is 9.08. The predicted octanol–water partition coefficient (Wildman–Crippen LogP) is 3.55. The molecule has 2 aromatic carbocycles. The standard InChI is InChI=1S/C14H14O3S2/c1-12-7-9-14(10-8-12)19(15,16)17-18-11-13-5-3-2-4-6-13/h2-10H,11H2,1H3. The molecule has 3 nitrogen and oxygen atoms in total. The number of aryl methyl sites for hydroxylation is 1. The van der Waals surface area contributed by atoms with Crippen molar-refractivity contribution in [3.05, 3.63) is 65.7 Å². The van der Waals surface area contributed by atoms with Gasteiger partial charge in [-0.3, -0.25) is 0 Å². The van der Waals surface area contributed by atoms with Gasteiger partial charge in [-0.15, -0.1) is 0 Å². The summed E-state index contributed by atoms with van der Waals surface area (Å²) in [5.74, 6) is 0.492. The highest BCUT2D eigenvalue weighted by Gasteiger charge is 2.15. The van der Waals surface area contributed by atoms with E-state index in [9.17, 15) is 8.42 Å². The van der Waals surface area contributed by atoms with Gasteiger partial charge >= 0.3 is 10.1 Å². The van der Waals surface area contributed by atoms with Crippen molar-refractivity contribution < 1.29 is 12.0 Å². The van der Waals surface area contributed by atoms with Crippen LogP contribution in [0.4, 0.5) is 0 Å². The summed E-state index contributed by atoms with van der Waals surface area (Å²) in [6.07, 6.45) is 0. The fourth-order valence-electron chi connectivity index (χ4n) is 1.47. The lowest BCUT2D eigenvalue weighted by Gasteiger charge is -2.04. The van der Waals surface area contributed by atoms with Crippen LogP contribution in [0.3, 0.4) is 0 Å². The van der Waals surface area contributed by atoms with E-state index in [4.69, 9.17) is 3.63 Å². The zero-order valence-electron chi connectivity index (χ0n) is 10.4. The average Bonchev–Trinajstić information content (AvgIpc) is 2.40. The Kier molecular flexibility index (Phi) is 4.63. The van der Waals surface area contributed by atoms with Gasteiger partial charge in [-0.2, -0.15) is 12.0 Å². The lowest BCUT2D eigenvalue weighted by Crippen LogP contribution is -2.01. The van der Waals surface area contributed by atoms with Gasteiger partial charge in [-0.25, -0.2) is 0 Å². The first kappa shape index (κ1) is 14.1. The quantitative estimate of drug-likeness (QED) is 0.791. The van der Waals surface area contributed by atoms with Crippen LogP contribution in [0.1, 0.15) is 11.1 Å². The maximum atomic E-state index is 11.9. The van der Waals surface area contributed by atoms with Crippen molar-refractivity contribution in [2.24, 2.45) is 0 Å². The Balaban J connectivity index is 1.97.